The van der Waals surface area contributed by atoms with E-state index in [1.165, 1.54) is 0 Å². The molecule has 0 radical (unpaired) electrons. The van der Waals surface area contributed by atoms with Crippen molar-refractivity contribution in [3.8, 4) is 17.2 Å². The summed E-state index contributed by atoms with van der Waals surface area (Å²) in [6.45, 7) is 10.6. The molecule has 0 amide bonds. The van der Waals surface area contributed by atoms with E-state index < -0.39 is 0 Å². The van der Waals surface area contributed by atoms with Crippen LogP contribution in [0.5, 0.6) is 17.2 Å². The number of hydrogen-bond donors (Lipinski definition) is 1. The average molecular weight is 263 g/mol. The van der Waals surface area contributed by atoms with Crippen LogP contribution in [-0.4, -0.2) is 19.9 Å². The topological polar surface area (TPSA) is 39.7 Å². The van der Waals surface area contributed by atoms with Gasteiger partial charge in [-0.05, 0) is 24.6 Å². The van der Waals surface area contributed by atoms with Crippen LogP contribution in [0.4, 0.5) is 0 Å². The van der Waals surface area contributed by atoms with Gasteiger partial charge in [-0.2, -0.15) is 0 Å². The molecule has 0 saturated heterocycles. The van der Waals surface area contributed by atoms with Gasteiger partial charge in [0.05, 0.1) is 0 Å². The third kappa shape index (κ3) is 3.41. The minimum atomic E-state index is 0.279. The van der Waals surface area contributed by atoms with Crippen molar-refractivity contribution >= 4 is 0 Å². The molecule has 0 bridgehead atoms. The lowest BCUT2D eigenvalue weighted by atomic mass is 10.1. The van der Waals surface area contributed by atoms with Gasteiger partial charge in [0.15, 0.2) is 11.5 Å². The van der Waals surface area contributed by atoms with Gasteiger partial charge in [0.25, 0.3) is 0 Å². The maximum Gasteiger partial charge on any atom is 0.231 e. The van der Waals surface area contributed by atoms with Crippen molar-refractivity contribution in [2.75, 3.05) is 19.9 Å². The van der Waals surface area contributed by atoms with Crippen molar-refractivity contribution < 1.29 is 14.2 Å². The molecule has 19 heavy (non-hydrogen) atoms. The quantitative estimate of drug-likeness (QED) is 0.768. The summed E-state index contributed by atoms with van der Waals surface area (Å²) in [5.74, 6) is 2.37. The number of nitrogens with one attached hydrogen (secondary N) is 1. The van der Waals surface area contributed by atoms with Crippen LogP contribution in [0.25, 0.3) is 0 Å². The fourth-order valence-electron chi connectivity index (χ4n) is 1.78. The van der Waals surface area contributed by atoms with E-state index in [2.05, 4.69) is 25.7 Å². The number of ether oxygens (including phenoxy) is 3. The molecule has 0 unspecified atom stereocenters. The first-order chi connectivity index (χ1) is 9.24. The van der Waals surface area contributed by atoms with E-state index in [0.29, 0.717) is 6.61 Å². The molecule has 0 aromatic heterocycles. The van der Waals surface area contributed by atoms with Crippen molar-refractivity contribution in [3.63, 3.8) is 0 Å². The molecule has 1 aliphatic heterocycles. The monoisotopic (exact) mass is 263 g/mol. The summed E-state index contributed by atoms with van der Waals surface area (Å²) in [7, 11) is 0. The third-order valence-corrected chi connectivity index (χ3v) is 3.05. The Morgan fingerprint density at radius 1 is 1.32 bits per heavy atom. The second-order valence-electron chi connectivity index (χ2n) is 4.49. The molecule has 1 N–H and O–H groups in total. The van der Waals surface area contributed by atoms with Crippen molar-refractivity contribution in [1.82, 2.24) is 5.32 Å². The molecule has 2 rings (SSSR count). The average Bonchev–Trinajstić information content (AvgIpc) is 2.88. The number of hydrogen-bond acceptors (Lipinski definition) is 4. The van der Waals surface area contributed by atoms with Crippen LogP contribution in [0.3, 0.4) is 0 Å². The molecule has 0 spiro atoms. The SMILES string of the molecule is C=C(CC)COc1cc2c(cc1CNCC)OCO2. The highest BCUT2D eigenvalue weighted by Crippen LogP contribution is 2.38. The van der Waals surface area contributed by atoms with Crippen molar-refractivity contribution in [3.05, 3.63) is 29.8 Å². The third-order valence-electron chi connectivity index (χ3n) is 3.05. The Morgan fingerprint density at radius 3 is 2.74 bits per heavy atom. The van der Waals surface area contributed by atoms with E-state index in [9.17, 15) is 0 Å². The number of benzene rings is 1. The summed E-state index contributed by atoms with van der Waals surface area (Å²) >= 11 is 0. The standard InChI is InChI=1S/C15H21NO3/c1-4-11(3)9-17-13-7-15-14(18-10-19-15)6-12(13)8-16-5-2/h6-7,16H,3-5,8-10H2,1-2H3. The molecule has 0 saturated carbocycles. The van der Waals surface area contributed by atoms with Gasteiger partial charge in [0, 0.05) is 18.2 Å². The molecule has 1 heterocycles. The van der Waals surface area contributed by atoms with Crippen LogP contribution in [-0.2, 0) is 6.54 Å². The van der Waals surface area contributed by atoms with Crippen molar-refractivity contribution in [2.45, 2.75) is 26.8 Å². The highest BCUT2D eigenvalue weighted by Gasteiger charge is 2.18. The highest BCUT2D eigenvalue weighted by molar-refractivity contribution is 5.51. The number of rotatable bonds is 7. The first-order valence-corrected chi connectivity index (χ1v) is 6.67. The van der Waals surface area contributed by atoms with Gasteiger partial charge < -0.3 is 19.5 Å². The summed E-state index contributed by atoms with van der Waals surface area (Å²) in [5, 5.41) is 3.30. The molecular formula is C15H21NO3. The van der Waals surface area contributed by atoms with Gasteiger partial charge in [0.2, 0.25) is 6.79 Å². The van der Waals surface area contributed by atoms with E-state index in [1.54, 1.807) is 0 Å². The first-order valence-electron chi connectivity index (χ1n) is 6.67. The largest absolute Gasteiger partial charge is 0.489 e. The van der Waals surface area contributed by atoms with Crippen LogP contribution in [0.2, 0.25) is 0 Å². The smallest absolute Gasteiger partial charge is 0.231 e. The van der Waals surface area contributed by atoms with E-state index in [0.717, 1.165) is 47.9 Å². The molecule has 1 aromatic carbocycles. The lowest BCUT2D eigenvalue weighted by molar-refractivity contribution is 0.173. The second kappa shape index (κ2) is 6.48. The molecule has 0 fully saturated rings. The first kappa shape index (κ1) is 13.7. The van der Waals surface area contributed by atoms with Gasteiger partial charge in [-0.25, -0.2) is 0 Å². The Balaban J connectivity index is 2.15. The fraction of sp³-hybridized carbons (Fsp3) is 0.467. The van der Waals surface area contributed by atoms with Gasteiger partial charge in [-0.3, -0.25) is 0 Å². The molecule has 4 heteroatoms. The molecule has 4 nitrogen and oxygen atoms in total. The molecule has 104 valence electrons. The molecule has 0 atom stereocenters. The van der Waals surface area contributed by atoms with Crippen LogP contribution < -0.4 is 19.5 Å². The van der Waals surface area contributed by atoms with Gasteiger partial charge in [-0.15, -0.1) is 0 Å². The summed E-state index contributed by atoms with van der Waals surface area (Å²) < 4.78 is 16.6. The highest BCUT2D eigenvalue weighted by atomic mass is 16.7. The lowest BCUT2D eigenvalue weighted by Gasteiger charge is -2.13. The minimum absolute atomic E-state index is 0.279. The van der Waals surface area contributed by atoms with Gasteiger partial charge in [-0.1, -0.05) is 20.4 Å². The van der Waals surface area contributed by atoms with E-state index in [4.69, 9.17) is 14.2 Å². The zero-order valence-electron chi connectivity index (χ0n) is 11.6. The second-order valence-corrected chi connectivity index (χ2v) is 4.49. The Bertz CT molecular complexity index is 457. The fourth-order valence-corrected chi connectivity index (χ4v) is 1.78. The Labute approximate surface area is 114 Å². The lowest BCUT2D eigenvalue weighted by Crippen LogP contribution is -2.13. The summed E-state index contributed by atoms with van der Waals surface area (Å²) in [6.07, 6.45) is 0.924. The Kier molecular flexibility index (Phi) is 4.68. The van der Waals surface area contributed by atoms with Crippen LogP contribution >= 0.6 is 0 Å². The number of fused-ring (bicyclic) bond motifs is 1. The summed E-state index contributed by atoms with van der Waals surface area (Å²) in [5.41, 5.74) is 2.15. The van der Waals surface area contributed by atoms with E-state index in [-0.39, 0.29) is 6.79 Å². The van der Waals surface area contributed by atoms with Crippen LogP contribution in [0, 0.1) is 0 Å². The molecule has 0 aliphatic carbocycles. The summed E-state index contributed by atoms with van der Waals surface area (Å²) in [6, 6.07) is 3.88. The maximum absolute atomic E-state index is 5.84. The van der Waals surface area contributed by atoms with E-state index in [1.807, 2.05) is 12.1 Å². The van der Waals surface area contributed by atoms with Gasteiger partial charge >= 0.3 is 0 Å². The molecule has 1 aliphatic rings. The van der Waals surface area contributed by atoms with Crippen LogP contribution in [0.15, 0.2) is 24.3 Å². The zero-order valence-corrected chi connectivity index (χ0v) is 11.6. The Hall–Kier alpha value is -1.68. The van der Waals surface area contributed by atoms with Crippen LogP contribution in [0.1, 0.15) is 25.8 Å². The normalized spacial score (nSPS) is 12.5. The van der Waals surface area contributed by atoms with Gasteiger partial charge in [0.1, 0.15) is 12.4 Å². The molecule has 1 aromatic rings. The minimum Gasteiger partial charge on any atom is -0.489 e. The molecular weight excluding hydrogens is 242 g/mol. The van der Waals surface area contributed by atoms with E-state index >= 15 is 0 Å². The predicted octanol–water partition coefficient (Wildman–Crippen LogP) is 2.87. The Morgan fingerprint density at radius 2 is 2.05 bits per heavy atom. The maximum atomic E-state index is 5.84. The van der Waals surface area contributed by atoms with Crippen molar-refractivity contribution in [2.24, 2.45) is 0 Å². The predicted molar refractivity (Wildman–Crippen MR) is 74.9 cm³/mol. The van der Waals surface area contributed by atoms with Crippen molar-refractivity contribution in [1.29, 1.82) is 0 Å². The zero-order chi connectivity index (χ0) is 13.7. The summed E-state index contributed by atoms with van der Waals surface area (Å²) in [4.78, 5) is 0.